The van der Waals surface area contributed by atoms with Crippen molar-refractivity contribution in [3.05, 3.63) is 0 Å². The van der Waals surface area contributed by atoms with Gasteiger partial charge >= 0.3 is 0 Å². The molecule has 0 unspecified atom stereocenters. The minimum Gasteiger partial charge on any atom is -0.481 e. The lowest BCUT2D eigenvalue weighted by atomic mass is 10.9. The molecule has 0 aliphatic carbocycles. The van der Waals surface area contributed by atoms with Gasteiger partial charge in [-0.3, -0.25) is 9.59 Å². The van der Waals surface area contributed by atoms with Crippen LogP contribution in [0.5, 0.6) is 0 Å². The van der Waals surface area contributed by atoms with Crippen LogP contribution in [0.1, 0.15) is 27.7 Å². The Morgan fingerprint density at radius 3 is 0.857 bits per heavy atom. The highest BCUT2D eigenvalue weighted by Gasteiger charge is 1.65. The van der Waals surface area contributed by atoms with Crippen LogP contribution in [0.25, 0.3) is 0 Å². The van der Waals surface area contributed by atoms with Crippen LogP contribution < -0.4 is 0 Å². The number of carbonyl (C=O) groups is 2. The number of carboxylic acid groups (broad SMARTS) is 2. The van der Waals surface area contributed by atoms with Crippen molar-refractivity contribution in [2.45, 2.75) is 27.7 Å². The summed E-state index contributed by atoms with van der Waals surface area (Å²) < 4.78 is 0. The number of hydrogen-bond acceptors (Lipinski definition) is 4. The predicted molar refractivity (Wildman–Crippen MR) is 52.1 cm³/mol. The Hall–Kier alpha value is -1.14. The summed E-state index contributed by atoms with van der Waals surface area (Å²) in [6.07, 6.45) is 0. The number of hydrogen-bond donors (Lipinski definition) is 4. The van der Waals surface area contributed by atoms with Crippen LogP contribution in [0, 0.1) is 0 Å². The maximum atomic E-state index is 9.00. The number of rotatable bonds is 0. The van der Waals surface area contributed by atoms with E-state index in [1.807, 2.05) is 0 Å². The van der Waals surface area contributed by atoms with E-state index in [9.17, 15) is 0 Å². The van der Waals surface area contributed by atoms with E-state index in [1.54, 1.807) is 13.8 Å². The van der Waals surface area contributed by atoms with Gasteiger partial charge in [0.25, 0.3) is 11.9 Å². The van der Waals surface area contributed by atoms with Gasteiger partial charge in [0.05, 0.1) is 0 Å². The van der Waals surface area contributed by atoms with E-state index >= 15 is 0 Å². The van der Waals surface area contributed by atoms with Crippen molar-refractivity contribution in [1.29, 1.82) is 0 Å². The monoisotopic (exact) mass is 212 g/mol. The molecule has 88 valence electrons. The van der Waals surface area contributed by atoms with Crippen molar-refractivity contribution in [2.24, 2.45) is 0 Å². The average Bonchev–Trinajstić information content (AvgIpc) is 1.85. The number of carboxylic acids is 2. The molecule has 14 heavy (non-hydrogen) atoms. The van der Waals surface area contributed by atoms with Crippen LogP contribution in [-0.2, 0) is 9.59 Å². The zero-order valence-electron chi connectivity index (χ0n) is 9.02. The molecule has 0 spiro atoms. The van der Waals surface area contributed by atoms with Gasteiger partial charge in [-0.25, -0.2) is 0 Å². The second-order valence-corrected chi connectivity index (χ2v) is 1.67. The van der Waals surface area contributed by atoms with Crippen LogP contribution in [-0.4, -0.2) is 45.6 Å². The molecular weight excluding hydrogens is 192 g/mol. The smallest absolute Gasteiger partial charge is 0.300 e. The lowest BCUT2D eigenvalue weighted by Crippen LogP contribution is -1.78. The molecule has 0 fully saturated rings. The largest absolute Gasteiger partial charge is 0.481 e. The first-order valence-electron chi connectivity index (χ1n) is 3.90. The van der Waals surface area contributed by atoms with Crippen LogP contribution in [0.2, 0.25) is 0 Å². The molecule has 6 nitrogen and oxygen atoms in total. The number of aliphatic hydroxyl groups is 2. The minimum atomic E-state index is -0.833. The van der Waals surface area contributed by atoms with Crippen LogP contribution in [0.15, 0.2) is 0 Å². The summed E-state index contributed by atoms with van der Waals surface area (Å²) in [6.45, 7) is 6.03. The van der Waals surface area contributed by atoms with Crippen molar-refractivity contribution in [3.8, 4) is 0 Å². The third-order valence-corrected chi connectivity index (χ3v) is 0. The van der Waals surface area contributed by atoms with E-state index < -0.39 is 11.9 Å². The van der Waals surface area contributed by atoms with Gasteiger partial charge in [0.2, 0.25) is 0 Å². The van der Waals surface area contributed by atoms with Gasteiger partial charge in [-0.05, 0) is 13.8 Å². The number of aliphatic hydroxyl groups excluding tert-OH is 2. The minimum absolute atomic E-state index is 0.250. The fourth-order valence-corrected chi connectivity index (χ4v) is 0. The van der Waals surface area contributed by atoms with Gasteiger partial charge in [0.15, 0.2) is 0 Å². The fourth-order valence-electron chi connectivity index (χ4n) is 0. The Labute approximate surface area is 83.8 Å². The third-order valence-electron chi connectivity index (χ3n) is 0. The van der Waals surface area contributed by atoms with Crippen molar-refractivity contribution in [3.63, 3.8) is 0 Å². The summed E-state index contributed by atoms with van der Waals surface area (Å²) in [4.78, 5) is 18.0. The first-order valence-corrected chi connectivity index (χ1v) is 3.90. The molecule has 0 aliphatic rings. The summed E-state index contributed by atoms with van der Waals surface area (Å²) in [5.74, 6) is -1.67. The molecule has 0 atom stereocenters. The Balaban J connectivity index is -0.0000000482. The third kappa shape index (κ3) is 812. The quantitative estimate of drug-likeness (QED) is 0.455. The Kier molecular flexibility index (Phi) is 48.9. The molecule has 0 saturated heterocycles. The second-order valence-electron chi connectivity index (χ2n) is 1.67. The molecule has 0 heterocycles. The topological polar surface area (TPSA) is 115 Å². The normalized spacial score (nSPS) is 6.14. The van der Waals surface area contributed by atoms with Crippen molar-refractivity contribution in [1.82, 2.24) is 0 Å². The van der Waals surface area contributed by atoms with Gasteiger partial charge in [-0.1, -0.05) is 0 Å². The van der Waals surface area contributed by atoms with Crippen LogP contribution in [0.3, 0.4) is 0 Å². The van der Waals surface area contributed by atoms with Crippen LogP contribution >= 0.6 is 0 Å². The summed E-state index contributed by atoms with van der Waals surface area (Å²) in [5, 5.41) is 30.0. The second kappa shape index (κ2) is 29.7. The maximum absolute atomic E-state index is 9.00. The molecule has 0 radical (unpaired) electrons. The zero-order chi connectivity index (χ0) is 12.6. The first kappa shape index (κ1) is 23.0. The Morgan fingerprint density at radius 1 is 0.857 bits per heavy atom. The van der Waals surface area contributed by atoms with E-state index in [2.05, 4.69) is 0 Å². The molecule has 0 bridgehead atoms. The van der Waals surface area contributed by atoms with Crippen LogP contribution in [0.4, 0.5) is 0 Å². The maximum Gasteiger partial charge on any atom is 0.300 e. The predicted octanol–water partition coefficient (Wildman–Crippen LogP) is 0.179. The highest BCUT2D eigenvalue weighted by molar-refractivity contribution is 5.63. The van der Waals surface area contributed by atoms with Crippen molar-refractivity contribution in [2.75, 3.05) is 13.2 Å². The van der Waals surface area contributed by atoms with Gasteiger partial charge in [-0.2, -0.15) is 0 Å². The van der Waals surface area contributed by atoms with E-state index in [0.29, 0.717) is 0 Å². The van der Waals surface area contributed by atoms with E-state index in [0.717, 1.165) is 13.8 Å². The summed E-state index contributed by atoms with van der Waals surface area (Å²) >= 11 is 0. The lowest BCUT2D eigenvalue weighted by Gasteiger charge is -1.59. The fraction of sp³-hybridized carbons (Fsp3) is 0.750. The molecule has 4 N–H and O–H groups in total. The molecule has 0 aromatic carbocycles. The summed E-state index contributed by atoms with van der Waals surface area (Å²) in [7, 11) is 0. The number of aliphatic carboxylic acids is 2. The molecule has 0 saturated carbocycles. The molecule has 6 heteroatoms. The zero-order valence-corrected chi connectivity index (χ0v) is 9.02. The van der Waals surface area contributed by atoms with Gasteiger partial charge in [0.1, 0.15) is 0 Å². The van der Waals surface area contributed by atoms with Crippen molar-refractivity contribution >= 4 is 11.9 Å². The van der Waals surface area contributed by atoms with Crippen molar-refractivity contribution < 1.29 is 30.0 Å². The molecule has 0 aliphatic heterocycles. The first-order chi connectivity index (χ1) is 6.29. The van der Waals surface area contributed by atoms with Gasteiger partial charge in [-0.15, -0.1) is 0 Å². The molecular formula is C8H20O6. The average molecular weight is 212 g/mol. The molecule has 0 aromatic rings. The standard InChI is InChI=1S/2C2H4O2.2C2H6O/c2*1-2(3)4;2*1-2-3/h2*1H3,(H,3,4);2*3H,2H2,1H3. The lowest BCUT2D eigenvalue weighted by molar-refractivity contribution is -0.135. The molecule has 0 rings (SSSR count). The van der Waals surface area contributed by atoms with Gasteiger partial charge in [0, 0.05) is 27.1 Å². The van der Waals surface area contributed by atoms with E-state index in [-0.39, 0.29) is 13.2 Å². The highest BCUT2D eigenvalue weighted by atomic mass is 16.4. The summed E-state index contributed by atoms with van der Waals surface area (Å²) in [6, 6.07) is 0. The van der Waals surface area contributed by atoms with Gasteiger partial charge < -0.3 is 20.4 Å². The SMILES string of the molecule is CC(=O)O.CC(=O)O.CCO.CCO. The van der Waals surface area contributed by atoms with E-state index in [1.165, 1.54) is 0 Å². The molecule has 0 amide bonds. The Morgan fingerprint density at radius 2 is 0.857 bits per heavy atom. The Bertz CT molecular complexity index is 90.4. The highest BCUT2D eigenvalue weighted by Crippen LogP contribution is 1.42. The summed E-state index contributed by atoms with van der Waals surface area (Å²) in [5.41, 5.74) is 0. The molecule has 0 aromatic heterocycles. The van der Waals surface area contributed by atoms with E-state index in [4.69, 9.17) is 30.0 Å².